The van der Waals surface area contributed by atoms with E-state index in [-0.39, 0.29) is 12.1 Å². The molecule has 1 unspecified atom stereocenters. The number of rotatable bonds is 3. The number of hydrogen-bond acceptors (Lipinski definition) is 4. The van der Waals surface area contributed by atoms with E-state index in [4.69, 9.17) is 4.74 Å². The van der Waals surface area contributed by atoms with Crippen LogP contribution in [0.2, 0.25) is 0 Å². The number of piperidine rings is 1. The summed E-state index contributed by atoms with van der Waals surface area (Å²) in [7, 11) is 1.84. The first-order valence-corrected chi connectivity index (χ1v) is 7.93. The zero-order valence-corrected chi connectivity index (χ0v) is 14.1. The summed E-state index contributed by atoms with van der Waals surface area (Å²) in [5.41, 5.74) is 0.622. The van der Waals surface area contributed by atoms with Gasteiger partial charge in [-0.05, 0) is 52.3 Å². The van der Waals surface area contributed by atoms with Crippen molar-refractivity contribution in [3.63, 3.8) is 0 Å². The second kappa shape index (κ2) is 7.09. The standard InChI is InChI=1S/C17H27N3O2/c1-17(2,3)22-16(21)19(4)15-9-7-11-20(13-15)12-14-8-5-6-10-18-14/h5-6,8,10,15H,7,9,11-13H2,1-4H3. The van der Waals surface area contributed by atoms with Gasteiger partial charge in [0.2, 0.25) is 0 Å². The highest BCUT2D eigenvalue weighted by molar-refractivity contribution is 5.68. The lowest BCUT2D eigenvalue weighted by molar-refractivity contribution is 0.0129. The molecule has 1 amide bonds. The molecule has 1 aromatic rings. The van der Waals surface area contributed by atoms with Gasteiger partial charge in [0.15, 0.2) is 0 Å². The highest BCUT2D eigenvalue weighted by Gasteiger charge is 2.29. The van der Waals surface area contributed by atoms with E-state index in [1.54, 1.807) is 4.90 Å². The molecule has 5 nitrogen and oxygen atoms in total. The molecule has 1 aliphatic heterocycles. The van der Waals surface area contributed by atoms with Gasteiger partial charge in [0.05, 0.1) is 5.69 Å². The Morgan fingerprint density at radius 3 is 2.86 bits per heavy atom. The van der Waals surface area contributed by atoms with Gasteiger partial charge >= 0.3 is 6.09 Å². The molecule has 22 heavy (non-hydrogen) atoms. The fourth-order valence-corrected chi connectivity index (χ4v) is 2.69. The number of aromatic nitrogens is 1. The number of ether oxygens (including phenoxy) is 1. The molecule has 0 bridgehead atoms. The second-order valence-electron chi connectivity index (χ2n) is 6.94. The highest BCUT2D eigenvalue weighted by atomic mass is 16.6. The number of carbonyl (C=O) groups is 1. The van der Waals surface area contributed by atoms with Crippen molar-refractivity contribution in [1.29, 1.82) is 0 Å². The fourth-order valence-electron chi connectivity index (χ4n) is 2.69. The van der Waals surface area contributed by atoms with Crippen LogP contribution in [0.5, 0.6) is 0 Å². The number of likely N-dealkylation sites (tertiary alicyclic amines) is 1. The van der Waals surface area contributed by atoms with E-state index in [1.165, 1.54) is 0 Å². The minimum Gasteiger partial charge on any atom is -0.444 e. The van der Waals surface area contributed by atoms with Crippen LogP contribution in [0.25, 0.3) is 0 Å². The molecular weight excluding hydrogens is 278 g/mol. The molecule has 0 saturated carbocycles. The monoisotopic (exact) mass is 305 g/mol. The van der Waals surface area contributed by atoms with Crippen LogP contribution in [0.1, 0.15) is 39.3 Å². The lowest BCUT2D eigenvalue weighted by atomic mass is 10.0. The van der Waals surface area contributed by atoms with E-state index in [2.05, 4.69) is 9.88 Å². The van der Waals surface area contributed by atoms with Crippen molar-refractivity contribution in [2.75, 3.05) is 20.1 Å². The molecule has 0 aromatic carbocycles. The lowest BCUT2D eigenvalue weighted by Crippen LogP contribution is -2.49. The quantitative estimate of drug-likeness (QED) is 0.861. The summed E-state index contributed by atoms with van der Waals surface area (Å²) < 4.78 is 5.46. The number of hydrogen-bond donors (Lipinski definition) is 0. The molecule has 0 spiro atoms. The van der Waals surface area contributed by atoms with Crippen molar-refractivity contribution in [2.24, 2.45) is 0 Å². The molecule has 0 aliphatic carbocycles. The normalized spacial score (nSPS) is 19.7. The number of pyridine rings is 1. The topological polar surface area (TPSA) is 45.7 Å². The molecule has 5 heteroatoms. The Balaban J connectivity index is 1.91. The van der Waals surface area contributed by atoms with Crippen molar-refractivity contribution in [3.8, 4) is 0 Å². The van der Waals surface area contributed by atoms with E-state index in [0.717, 1.165) is 38.2 Å². The van der Waals surface area contributed by atoms with Crippen LogP contribution in [-0.4, -0.2) is 52.7 Å². The molecule has 2 heterocycles. The zero-order chi connectivity index (χ0) is 16.2. The first-order valence-electron chi connectivity index (χ1n) is 7.93. The third-order valence-corrected chi connectivity index (χ3v) is 3.82. The molecule has 0 N–H and O–H groups in total. The summed E-state index contributed by atoms with van der Waals surface area (Å²) in [5.74, 6) is 0. The zero-order valence-electron chi connectivity index (χ0n) is 14.1. The van der Waals surface area contributed by atoms with Crippen LogP contribution in [0.15, 0.2) is 24.4 Å². The molecule has 1 fully saturated rings. The van der Waals surface area contributed by atoms with Gasteiger partial charge in [-0.25, -0.2) is 4.79 Å². The van der Waals surface area contributed by atoms with E-state index in [9.17, 15) is 4.79 Å². The fraction of sp³-hybridized carbons (Fsp3) is 0.647. The summed E-state index contributed by atoms with van der Waals surface area (Å²) in [6, 6.07) is 6.18. The van der Waals surface area contributed by atoms with Gasteiger partial charge in [0, 0.05) is 32.4 Å². The predicted octanol–water partition coefficient (Wildman–Crippen LogP) is 2.91. The molecule has 122 valence electrons. The molecular formula is C17H27N3O2. The van der Waals surface area contributed by atoms with Gasteiger partial charge in [-0.15, -0.1) is 0 Å². The van der Waals surface area contributed by atoms with Gasteiger partial charge in [-0.3, -0.25) is 9.88 Å². The lowest BCUT2D eigenvalue weighted by Gasteiger charge is -2.37. The Morgan fingerprint density at radius 2 is 2.23 bits per heavy atom. The minimum absolute atomic E-state index is 0.201. The van der Waals surface area contributed by atoms with Gasteiger partial charge in [-0.1, -0.05) is 6.07 Å². The predicted molar refractivity (Wildman–Crippen MR) is 86.5 cm³/mol. The average molecular weight is 305 g/mol. The summed E-state index contributed by atoms with van der Waals surface area (Å²) >= 11 is 0. The number of carbonyl (C=O) groups excluding carboxylic acids is 1. The summed E-state index contributed by atoms with van der Waals surface area (Å²) in [6.07, 6.45) is 3.69. The van der Waals surface area contributed by atoms with E-state index in [0.29, 0.717) is 0 Å². The second-order valence-corrected chi connectivity index (χ2v) is 6.94. The van der Waals surface area contributed by atoms with Gasteiger partial charge < -0.3 is 9.64 Å². The smallest absolute Gasteiger partial charge is 0.410 e. The van der Waals surface area contributed by atoms with Crippen LogP contribution < -0.4 is 0 Å². The molecule has 1 aromatic heterocycles. The van der Waals surface area contributed by atoms with Crippen molar-refractivity contribution < 1.29 is 9.53 Å². The van der Waals surface area contributed by atoms with Crippen LogP contribution in [0.3, 0.4) is 0 Å². The van der Waals surface area contributed by atoms with Crippen molar-refractivity contribution in [3.05, 3.63) is 30.1 Å². The van der Waals surface area contributed by atoms with Gasteiger partial charge in [-0.2, -0.15) is 0 Å². The first-order chi connectivity index (χ1) is 10.3. The van der Waals surface area contributed by atoms with E-state index < -0.39 is 5.60 Å². The minimum atomic E-state index is -0.451. The molecule has 0 radical (unpaired) electrons. The number of nitrogens with zero attached hydrogens (tertiary/aromatic N) is 3. The first kappa shape index (κ1) is 16.7. The Labute approximate surface area is 133 Å². The highest BCUT2D eigenvalue weighted by Crippen LogP contribution is 2.19. The van der Waals surface area contributed by atoms with Crippen LogP contribution in [0.4, 0.5) is 4.79 Å². The Kier molecular flexibility index (Phi) is 5.40. The third-order valence-electron chi connectivity index (χ3n) is 3.82. The van der Waals surface area contributed by atoms with Gasteiger partial charge in [0.25, 0.3) is 0 Å². The summed E-state index contributed by atoms with van der Waals surface area (Å²) in [5, 5.41) is 0. The SMILES string of the molecule is CN(C(=O)OC(C)(C)C)C1CCCN(Cc2ccccn2)C1. The largest absolute Gasteiger partial charge is 0.444 e. The van der Waals surface area contributed by atoms with Crippen LogP contribution in [0, 0.1) is 0 Å². The molecule has 1 saturated heterocycles. The molecule has 1 aliphatic rings. The summed E-state index contributed by atoms with van der Waals surface area (Å²) in [4.78, 5) is 20.7. The average Bonchev–Trinajstić information content (AvgIpc) is 2.46. The number of amides is 1. The molecule has 1 atom stereocenters. The maximum Gasteiger partial charge on any atom is 0.410 e. The number of likely N-dealkylation sites (N-methyl/N-ethyl adjacent to an activating group) is 1. The van der Waals surface area contributed by atoms with Crippen molar-refractivity contribution in [2.45, 2.75) is 51.8 Å². The van der Waals surface area contributed by atoms with E-state index in [1.807, 2.05) is 52.2 Å². The van der Waals surface area contributed by atoms with E-state index >= 15 is 0 Å². The van der Waals surface area contributed by atoms with Crippen molar-refractivity contribution in [1.82, 2.24) is 14.8 Å². The Hall–Kier alpha value is -1.62. The maximum atomic E-state index is 12.2. The third kappa shape index (κ3) is 4.98. The summed E-state index contributed by atoms with van der Waals surface area (Å²) in [6.45, 7) is 8.44. The van der Waals surface area contributed by atoms with Crippen LogP contribution >= 0.6 is 0 Å². The van der Waals surface area contributed by atoms with Crippen molar-refractivity contribution >= 4 is 6.09 Å². The van der Waals surface area contributed by atoms with Crippen LogP contribution in [-0.2, 0) is 11.3 Å². The maximum absolute atomic E-state index is 12.2. The Morgan fingerprint density at radius 1 is 1.45 bits per heavy atom. The Bertz CT molecular complexity index is 484. The van der Waals surface area contributed by atoms with Gasteiger partial charge in [0.1, 0.15) is 5.60 Å². The molecule has 2 rings (SSSR count).